The van der Waals surface area contributed by atoms with E-state index in [1.54, 1.807) is 0 Å². The Bertz CT molecular complexity index is 3020. The number of benzene rings is 6. The monoisotopic (exact) mass is 688 g/mol. The summed E-state index contributed by atoms with van der Waals surface area (Å²) in [5.74, 6) is 2.35. The summed E-state index contributed by atoms with van der Waals surface area (Å²) in [5, 5.41) is 7.76. The van der Waals surface area contributed by atoms with Gasteiger partial charge < -0.3 is 4.57 Å². The average molecular weight is 689 g/mol. The molecule has 6 aromatic carbocycles. The molecule has 51 heavy (non-hydrogen) atoms. The predicted octanol–water partition coefficient (Wildman–Crippen LogP) is 12.6. The van der Waals surface area contributed by atoms with Crippen LogP contribution in [0, 0.1) is 0 Å². The van der Waals surface area contributed by atoms with E-state index in [-0.39, 0.29) is 5.92 Å². The highest BCUT2D eigenvalue weighted by Crippen LogP contribution is 2.47. The molecule has 0 radical (unpaired) electrons. The average Bonchev–Trinajstić information content (AvgIpc) is 3.87. The quantitative estimate of drug-likeness (QED) is 0.185. The van der Waals surface area contributed by atoms with E-state index >= 15 is 0 Å². The maximum atomic E-state index is 5.07. The van der Waals surface area contributed by atoms with Crippen molar-refractivity contribution < 1.29 is 0 Å². The van der Waals surface area contributed by atoms with Gasteiger partial charge in [-0.05, 0) is 42.8 Å². The Balaban J connectivity index is 1.10. The molecule has 0 spiro atoms. The van der Waals surface area contributed by atoms with Crippen molar-refractivity contribution in [2.75, 3.05) is 0 Å². The Kier molecular flexibility index (Phi) is 6.38. The van der Waals surface area contributed by atoms with Crippen LogP contribution in [0.2, 0.25) is 0 Å². The molecular weight excluding hydrogens is 661 g/mol. The van der Waals surface area contributed by atoms with Crippen molar-refractivity contribution in [3.05, 3.63) is 158 Å². The van der Waals surface area contributed by atoms with E-state index < -0.39 is 0 Å². The van der Waals surface area contributed by atoms with E-state index in [9.17, 15) is 0 Å². The molecule has 0 aliphatic heterocycles. The van der Waals surface area contributed by atoms with Crippen LogP contribution in [0.25, 0.3) is 90.6 Å². The lowest BCUT2D eigenvalue weighted by Crippen LogP contribution is -2.07. The first-order chi connectivity index (χ1) is 25.3. The van der Waals surface area contributed by atoms with Crippen molar-refractivity contribution in [3.8, 4) is 28.5 Å². The lowest BCUT2D eigenvalue weighted by atomic mass is 10.00. The van der Waals surface area contributed by atoms with Gasteiger partial charge in [-0.25, -0.2) is 15.0 Å². The van der Waals surface area contributed by atoms with Crippen LogP contribution in [-0.2, 0) is 0 Å². The first-order valence-corrected chi connectivity index (χ1v) is 18.9. The molecule has 0 saturated carbocycles. The van der Waals surface area contributed by atoms with Crippen LogP contribution in [0.15, 0.2) is 152 Å². The summed E-state index contributed by atoms with van der Waals surface area (Å²) in [7, 11) is 0. The van der Waals surface area contributed by atoms with Crippen molar-refractivity contribution in [2.24, 2.45) is 0 Å². The number of fused-ring (bicyclic) bond motifs is 10. The van der Waals surface area contributed by atoms with Gasteiger partial charge in [-0.1, -0.05) is 115 Å². The zero-order valence-corrected chi connectivity index (χ0v) is 29.0. The summed E-state index contributed by atoms with van der Waals surface area (Å²) in [4.78, 5) is 15.1. The van der Waals surface area contributed by atoms with Gasteiger partial charge in [0, 0.05) is 68.2 Å². The predicted molar refractivity (Wildman–Crippen MR) is 216 cm³/mol. The molecule has 1 aliphatic rings. The van der Waals surface area contributed by atoms with Gasteiger partial charge in [0.15, 0.2) is 11.6 Å². The van der Waals surface area contributed by atoms with Crippen LogP contribution in [0.4, 0.5) is 0 Å². The molecule has 11 rings (SSSR count). The number of nitrogens with zero attached hydrogens (tertiary/aromatic N) is 4. The van der Waals surface area contributed by atoms with Crippen LogP contribution in [0.1, 0.15) is 18.2 Å². The number of thiophene rings is 2. The fraction of sp³-hybridized carbons (Fsp3) is 0.0444. The molecule has 0 fully saturated rings. The zero-order valence-electron chi connectivity index (χ0n) is 27.3. The second-order valence-corrected chi connectivity index (χ2v) is 15.2. The van der Waals surface area contributed by atoms with Gasteiger partial charge >= 0.3 is 0 Å². The van der Waals surface area contributed by atoms with Crippen molar-refractivity contribution >= 4 is 84.8 Å². The molecule has 4 nitrogen and oxygen atoms in total. The van der Waals surface area contributed by atoms with Gasteiger partial charge in [-0.2, -0.15) is 0 Å². The highest BCUT2D eigenvalue weighted by atomic mass is 32.1. The first-order valence-electron chi connectivity index (χ1n) is 17.2. The number of hydrogen-bond acceptors (Lipinski definition) is 5. The molecule has 10 aromatic rings. The summed E-state index contributed by atoms with van der Waals surface area (Å²) in [5.41, 5.74) is 5.68. The Morgan fingerprint density at radius 2 is 1.25 bits per heavy atom. The zero-order chi connectivity index (χ0) is 33.5. The molecule has 0 N–H and O–H groups in total. The van der Waals surface area contributed by atoms with Gasteiger partial charge in [-0.3, -0.25) is 0 Å². The van der Waals surface area contributed by atoms with Gasteiger partial charge in [0.2, 0.25) is 0 Å². The maximum absolute atomic E-state index is 5.07. The fourth-order valence-corrected chi connectivity index (χ4v) is 10.3. The Morgan fingerprint density at radius 3 is 2.04 bits per heavy atom. The Labute approximate surface area is 301 Å². The van der Waals surface area contributed by atoms with Crippen LogP contribution in [0.5, 0.6) is 0 Å². The smallest absolute Gasteiger partial charge is 0.163 e. The van der Waals surface area contributed by atoms with Gasteiger partial charge in [0.25, 0.3) is 0 Å². The van der Waals surface area contributed by atoms with E-state index in [0.717, 1.165) is 23.4 Å². The third kappa shape index (κ3) is 4.47. The maximum Gasteiger partial charge on any atom is 0.163 e. The van der Waals surface area contributed by atoms with E-state index in [1.165, 1.54) is 67.8 Å². The summed E-state index contributed by atoms with van der Waals surface area (Å²) in [6, 6.07) is 45.9. The molecule has 240 valence electrons. The van der Waals surface area contributed by atoms with Crippen LogP contribution in [-0.4, -0.2) is 19.5 Å². The largest absolute Gasteiger partial charge is 0.309 e. The second kappa shape index (κ2) is 11.3. The minimum atomic E-state index is 0.126. The van der Waals surface area contributed by atoms with E-state index in [2.05, 4.69) is 138 Å². The Morgan fingerprint density at radius 1 is 0.529 bits per heavy atom. The molecule has 0 amide bonds. The van der Waals surface area contributed by atoms with Crippen LogP contribution < -0.4 is 0 Å². The van der Waals surface area contributed by atoms with E-state index in [1.807, 2.05) is 40.9 Å². The minimum absolute atomic E-state index is 0.126. The van der Waals surface area contributed by atoms with Crippen molar-refractivity contribution in [1.82, 2.24) is 19.5 Å². The van der Waals surface area contributed by atoms with Gasteiger partial charge in [-0.15, -0.1) is 22.7 Å². The SMILES string of the molecule is C1=CCC(c2nc(-c3ccccc3)nc(-c3ccc4c(c3)sc3ccc5c(sc6cccc(-n7c8ccccc8c8ccccc87)c65)c34)n2)C=C1. The van der Waals surface area contributed by atoms with Crippen molar-refractivity contribution in [2.45, 2.75) is 12.3 Å². The molecule has 0 saturated heterocycles. The normalized spacial score (nSPS) is 14.6. The van der Waals surface area contributed by atoms with Crippen molar-refractivity contribution in [3.63, 3.8) is 0 Å². The topological polar surface area (TPSA) is 43.6 Å². The molecule has 6 heteroatoms. The number of allylic oxidation sites excluding steroid dienone is 4. The fourth-order valence-electron chi connectivity index (χ4n) is 7.81. The number of hydrogen-bond donors (Lipinski definition) is 0. The van der Waals surface area contributed by atoms with Gasteiger partial charge in [0.1, 0.15) is 5.82 Å². The molecular formula is C45H28N4S2. The highest BCUT2D eigenvalue weighted by Gasteiger charge is 2.21. The molecule has 1 atom stereocenters. The van der Waals surface area contributed by atoms with Crippen LogP contribution in [0.3, 0.4) is 0 Å². The lowest BCUT2D eigenvalue weighted by Gasteiger charge is -2.14. The van der Waals surface area contributed by atoms with Gasteiger partial charge in [0.05, 0.1) is 16.7 Å². The number of aromatic nitrogens is 4. The lowest BCUT2D eigenvalue weighted by molar-refractivity contribution is 0.764. The summed E-state index contributed by atoms with van der Waals surface area (Å²) in [6.07, 6.45) is 9.42. The molecule has 1 unspecified atom stereocenters. The highest BCUT2D eigenvalue weighted by molar-refractivity contribution is 7.29. The first kappa shape index (κ1) is 28.8. The summed E-state index contributed by atoms with van der Waals surface area (Å²) in [6.45, 7) is 0. The van der Waals surface area contributed by atoms with E-state index in [0.29, 0.717) is 11.6 Å². The molecule has 4 heterocycles. The molecule has 0 bridgehead atoms. The van der Waals surface area contributed by atoms with E-state index in [4.69, 9.17) is 15.0 Å². The third-order valence-corrected chi connectivity index (χ3v) is 12.5. The standard InChI is InChI=1S/C45H28N4S2/c1-3-12-27(13-4-1)43-46-44(28-14-5-2-6-15-28)48-45(47-43)29-22-23-32-39(26-29)50-38-25-24-33-40-36(20-11-21-37(40)51-42(33)41(32)38)49-34-18-9-7-16-30(34)31-17-8-10-19-35(31)49/h1-14,16-26,28H,15H2. The van der Waals surface area contributed by atoms with Crippen molar-refractivity contribution in [1.29, 1.82) is 0 Å². The number of para-hydroxylation sites is 2. The minimum Gasteiger partial charge on any atom is -0.309 e. The number of rotatable bonds is 4. The molecule has 4 aromatic heterocycles. The summed E-state index contributed by atoms with van der Waals surface area (Å²) < 4.78 is 7.61. The molecule has 1 aliphatic carbocycles. The third-order valence-electron chi connectivity index (χ3n) is 10.2. The van der Waals surface area contributed by atoms with Crippen LogP contribution >= 0.6 is 22.7 Å². The Hall–Kier alpha value is -5.95. The summed E-state index contributed by atoms with van der Waals surface area (Å²) >= 11 is 3.74. The second-order valence-electron chi connectivity index (χ2n) is 13.1.